The molecule has 0 aliphatic heterocycles. The van der Waals surface area contributed by atoms with Gasteiger partial charge < -0.3 is 20.8 Å². The van der Waals surface area contributed by atoms with E-state index in [4.69, 9.17) is 10.8 Å². The third-order valence-electron chi connectivity index (χ3n) is 3.14. The van der Waals surface area contributed by atoms with Gasteiger partial charge in [-0.05, 0) is 23.8 Å². The number of aliphatic hydroxyl groups excluding tert-OH is 1. The van der Waals surface area contributed by atoms with Gasteiger partial charge in [-0.1, -0.05) is 30.3 Å². The van der Waals surface area contributed by atoms with Crippen LogP contribution in [0.15, 0.2) is 48.5 Å². The van der Waals surface area contributed by atoms with Gasteiger partial charge in [0.2, 0.25) is 0 Å². The molecule has 0 saturated heterocycles. The third-order valence-corrected chi connectivity index (χ3v) is 3.14. The van der Waals surface area contributed by atoms with Crippen LogP contribution in [-0.2, 0) is 6.54 Å². The molecule has 0 aromatic heterocycles. The standard InChI is InChI=1S/C16H18N2O3/c17-15-7-6-13(20)10-14(15)16(21)18(8-9-19)11-12-4-2-1-3-5-12/h1-7,10,19-20H,8-9,11,17H2. The van der Waals surface area contributed by atoms with Gasteiger partial charge in [0.25, 0.3) is 5.91 Å². The number of amides is 1. The highest BCUT2D eigenvalue weighted by Crippen LogP contribution is 2.21. The normalized spacial score (nSPS) is 10.3. The first-order valence-electron chi connectivity index (χ1n) is 6.64. The van der Waals surface area contributed by atoms with Gasteiger partial charge in [0.1, 0.15) is 5.75 Å². The number of nitrogens with zero attached hydrogens (tertiary/aromatic N) is 1. The zero-order valence-electron chi connectivity index (χ0n) is 11.6. The largest absolute Gasteiger partial charge is 0.508 e. The maximum atomic E-state index is 12.5. The van der Waals surface area contributed by atoms with E-state index in [0.29, 0.717) is 12.2 Å². The van der Waals surface area contributed by atoms with Crippen LogP contribution < -0.4 is 5.73 Å². The Morgan fingerprint density at radius 3 is 2.52 bits per heavy atom. The zero-order chi connectivity index (χ0) is 15.2. The van der Waals surface area contributed by atoms with Gasteiger partial charge in [0, 0.05) is 18.8 Å². The van der Waals surface area contributed by atoms with Gasteiger partial charge >= 0.3 is 0 Å². The molecule has 110 valence electrons. The zero-order valence-corrected chi connectivity index (χ0v) is 11.6. The number of benzene rings is 2. The minimum atomic E-state index is -0.318. The van der Waals surface area contributed by atoms with Crippen molar-refractivity contribution in [2.24, 2.45) is 0 Å². The molecule has 2 rings (SSSR count). The quantitative estimate of drug-likeness (QED) is 0.575. The van der Waals surface area contributed by atoms with Crippen LogP contribution in [0.3, 0.4) is 0 Å². The van der Waals surface area contributed by atoms with Crippen molar-refractivity contribution in [2.75, 3.05) is 18.9 Å². The number of nitrogens with two attached hydrogens (primary N) is 1. The summed E-state index contributed by atoms with van der Waals surface area (Å²) in [4.78, 5) is 14.0. The van der Waals surface area contributed by atoms with Crippen LogP contribution in [0.1, 0.15) is 15.9 Å². The number of phenols is 1. The van der Waals surface area contributed by atoms with Crippen LogP contribution in [0, 0.1) is 0 Å². The average molecular weight is 286 g/mol. The van der Waals surface area contributed by atoms with Crippen LogP contribution in [0.2, 0.25) is 0 Å². The van der Waals surface area contributed by atoms with E-state index in [1.54, 1.807) is 0 Å². The number of nitrogen functional groups attached to an aromatic ring is 1. The molecule has 1 amide bonds. The van der Waals surface area contributed by atoms with Crippen LogP contribution in [0.25, 0.3) is 0 Å². The fraction of sp³-hybridized carbons (Fsp3) is 0.188. The molecular weight excluding hydrogens is 268 g/mol. The molecule has 0 radical (unpaired) electrons. The van der Waals surface area contributed by atoms with Gasteiger partial charge in [-0.25, -0.2) is 0 Å². The molecule has 2 aromatic rings. The first-order valence-corrected chi connectivity index (χ1v) is 6.64. The summed E-state index contributed by atoms with van der Waals surface area (Å²) in [6, 6.07) is 13.7. The second kappa shape index (κ2) is 6.76. The summed E-state index contributed by atoms with van der Waals surface area (Å²) in [5.41, 5.74) is 7.29. The van der Waals surface area contributed by atoms with Crippen LogP contribution in [0.5, 0.6) is 5.75 Å². The van der Waals surface area contributed by atoms with Crippen molar-refractivity contribution in [3.63, 3.8) is 0 Å². The summed E-state index contributed by atoms with van der Waals surface area (Å²) in [7, 11) is 0. The molecule has 2 aromatic carbocycles. The van der Waals surface area contributed by atoms with Crippen molar-refractivity contribution in [3.8, 4) is 5.75 Å². The predicted molar refractivity (Wildman–Crippen MR) is 80.8 cm³/mol. The summed E-state index contributed by atoms with van der Waals surface area (Å²) in [5, 5.41) is 18.7. The van der Waals surface area contributed by atoms with Crippen LogP contribution >= 0.6 is 0 Å². The average Bonchev–Trinajstić information content (AvgIpc) is 2.49. The van der Waals surface area contributed by atoms with Crippen LogP contribution in [0.4, 0.5) is 5.69 Å². The smallest absolute Gasteiger partial charge is 0.256 e. The highest BCUT2D eigenvalue weighted by atomic mass is 16.3. The summed E-state index contributed by atoms with van der Waals surface area (Å²) < 4.78 is 0. The van der Waals surface area contributed by atoms with E-state index < -0.39 is 0 Å². The first kappa shape index (κ1) is 14.9. The summed E-state index contributed by atoms with van der Waals surface area (Å²) in [6.07, 6.45) is 0. The van der Waals surface area contributed by atoms with Crippen molar-refractivity contribution >= 4 is 11.6 Å². The van der Waals surface area contributed by atoms with Gasteiger partial charge in [-0.3, -0.25) is 4.79 Å². The Morgan fingerprint density at radius 1 is 1.14 bits per heavy atom. The van der Waals surface area contributed by atoms with E-state index in [0.717, 1.165) is 5.56 Å². The lowest BCUT2D eigenvalue weighted by molar-refractivity contribution is 0.0708. The summed E-state index contributed by atoms with van der Waals surface area (Å²) in [6.45, 7) is 0.426. The molecule has 0 aliphatic carbocycles. The van der Waals surface area contributed by atoms with Crippen molar-refractivity contribution < 1.29 is 15.0 Å². The van der Waals surface area contributed by atoms with E-state index in [9.17, 15) is 9.90 Å². The number of rotatable bonds is 5. The van der Waals surface area contributed by atoms with Gasteiger partial charge in [0.05, 0.1) is 12.2 Å². The fourth-order valence-corrected chi connectivity index (χ4v) is 2.08. The number of anilines is 1. The third kappa shape index (κ3) is 3.73. The Morgan fingerprint density at radius 2 is 1.86 bits per heavy atom. The van der Waals surface area contributed by atoms with Gasteiger partial charge in [-0.15, -0.1) is 0 Å². The molecule has 0 bridgehead atoms. The Bertz CT molecular complexity index is 614. The van der Waals surface area contributed by atoms with Gasteiger partial charge in [0.15, 0.2) is 0 Å². The molecular formula is C16H18N2O3. The van der Waals surface area contributed by atoms with Crippen LogP contribution in [-0.4, -0.2) is 34.2 Å². The molecule has 0 saturated carbocycles. The van der Waals surface area contributed by atoms with E-state index in [1.807, 2.05) is 30.3 Å². The van der Waals surface area contributed by atoms with E-state index in [1.165, 1.54) is 23.1 Å². The number of aliphatic hydroxyl groups is 1. The molecule has 0 aliphatic rings. The summed E-state index contributed by atoms with van der Waals surface area (Å²) in [5.74, 6) is -0.336. The minimum Gasteiger partial charge on any atom is -0.508 e. The first-order chi connectivity index (χ1) is 10.1. The van der Waals surface area contributed by atoms with E-state index in [-0.39, 0.29) is 30.4 Å². The Balaban J connectivity index is 2.25. The lowest BCUT2D eigenvalue weighted by atomic mass is 10.1. The maximum Gasteiger partial charge on any atom is 0.256 e. The lowest BCUT2D eigenvalue weighted by Crippen LogP contribution is -2.33. The second-order valence-electron chi connectivity index (χ2n) is 4.71. The van der Waals surface area contributed by atoms with Gasteiger partial charge in [-0.2, -0.15) is 0 Å². The molecule has 21 heavy (non-hydrogen) atoms. The number of carbonyl (C=O) groups excluding carboxylic acids is 1. The van der Waals surface area contributed by atoms with E-state index in [2.05, 4.69) is 0 Å². The number of hydrogen-bond donors (Lipinski definition) is 3. The Kier molecular flexibility index (Phi) is 4.79. The van der Waals surface area contributed by atoms with Crippen molar-refractivity contribution in [2.45, 2.75) is 6.54 Å². The molecule has 5 heteroatoms. The van der Waals surface area contributed by atoms with Crippen molar-refractivity contribution in [1.82, 2.24) is 4.90 Å². The molecule has 0 spiro atoms. The topological polar surface area (TPSA) is 86.8 Å². The lowest BCUT2D eigenvalue weighted by Gasteiger charge is -2.22. The highest BCUT2D eigenvalue weighted by molar-refractivity contribution is 5.99. The van der Waals surface area contributed by atoms with Crippen molar-refractivity contribution in [3.05, 3.63) is 59.7 Å². The molecule has 0 fully saturated rings. The predicted octanol–water partition coefficient (Wildman–Crippen LogP) is 1.61. The summed E-state index contributed by atoms with van der Waals surface area (Å²) >= 11 is 0. The Labute approximate surface area is 123 Å². The molecule has 0 atom stereocenters. The second-order valence-corrected chi connectivity index (χ2v) is 4.71. The molecule has 5 nitrogen and oxygen atoms in total. The number of aromatic hydroxyl groups is 1. The number of carbonyl (C=O) groups is 1. The maximum absolute atomic E-state index is 12.5. The monoisotopic (exact) mass is 286 g/mol. The number of hydrogen-bond acceptors (Lipinski definition) is 4. The SMILES string of the molecule is Nc1ccc(O)cc1C(=O)N(CCO)Cc1ccccc1. The highest BCUT2D eigenvalue weighted by Gasteiger charge is 2.18. The minimum absolute atomic E-state index is 0.0174. The van der Waals surface area contributed by atoms with E-state index >= 15 is 0 Å². The number of phenolic OH excluding ortho intramolecular Hbond substituents is 1. The molecule has 4 N–H and O–H groups in total. The molecule has 0 unspecified atom stereocenters. The van der Waals surface area contributed by atoms with Crippen molar-refractivity contribution in [1.29, 1.82) is 0 Å². The molecule has 0 heterocycles. The fourth-order valence-electron chi connectivity index (χ4n) is 2.08. The Hall–Kier alpha value is -2.53.